The van der Waals surface area contributed by atoms with E-state index in [1.165, 1.54) is 31.4 Å². The molecular formula is C34H24N5Na3O11S3. The van der Waals surface area contributed by atoms with Gasteiger partial charge in [-0.05, 0) is 77.9 Å². The Kier molecular flexibility index (Phi) is 16.0. The zero-order chi connectivity index (χ0) is 38.3. The Balaban J connectivity index is 0.00000280. The van der Waals surface area contributed by atoms with E-state index in [2.05, 4.69) is 25.8 Å². The van der Waals surface area contributed by atoms with Crippen LogP contribution in [0.3, 0.4) is 0 Å². The maximum Gasteiger partial charge on any atom is 1.00 e. The molecule has 0 aliphatic heterocycles. The van der Waals surface area contributed by atoms with Gasteiger partial charge in [0.2, 0.25) is 0 Å². The number of nitrogens with one attached hydrogen (secondary N) is 1. The number of rotatable bonds is 10. The van der Waals surface area contributed by atoms with Crippen molar-refractivity contribution in [2.45, 2.75) is 21.6 Å². The third-order valence-corrected chi connectivity index (χ3v) is 10.5. The van der Waals surface area contributed by atoms with E-state index in [0.29, 0.717) is 11.3 Å². The summed E-state index contributed by atoms with van der Waals surface area (Å²) >= 11 is 0. The molecule has 2 N–H and O–H groups in total. The molecule has 0 aliphatic rings. The average molecular weight is 844 g/mol. The van der Waals surface area contributed by atoms with Gasteiger partial charge in [-0.2, -0.15) is 18.6 Å². The molecule has 0 radical (unpaired) electrons. The summed E-state index contributed by atoms with van der Waals surface area (Å²) < 4.78 is 112. The third kappa shape index (κ3) is 10.6. The van der Waals surface area contributed by atoms with Gasteiger partial charge in [0.15, 0.2) is 0 Å². The maximum absolute atomic E-state index is 13.5. The Morgan fingerprint density at radius 3 is 1.91 bits per heavy atom. The van der Waals surface area contributed by atoms with Crippen LogP contribution in [0.15, 0.2) is 132 Å². The predicted octanol–water partition coefficient (Wildman–Crippen LogP) is -1.98. The molecule has 56 heavy (non-hydrogen) atoms. The van der Waals surface area contributed by atoms with Gasteiger partial charge < -0.3 is 24.3 Å². The first-order valence-corrected chi connectivity index (χ1v) is 19.3. The summed E-state index contributed by atoms with van der Waals surface area (Å²) in [6.45, 7) is 1.56. The topological polar surface area (TPSA) is 263 Å². The van der Waals surface area contributed by atoms with Crippen LogP contribution in [0.2, 0.25) is 0 Å². The van der Waals surface area contributed by atoms with E-state index >= 15 is 0 Å². The molecule has 6 rings (SSSR count). The van der Waals surface area contributed by atoms with Crippen LogP contribution in [0, 0.1) is 6.92 Å². The molecule has 0 saturated carbocycles. The number of azo groups is 2. The van der Waals surface area contributed by atoms with E-state index < -0.39 is 56.5 Å². The summed E-state index contributed by atoms with van der Waals surface area (Å²) in [5.74, 6) is -0.818. The minimum absolute atomic E-state index is 0. The number of benzene rings is 6. The standard InChI is InChI=1S/C34H27N5O11S3.3Na/c1-19-13-28(38-39-33-32(53(47,48)49)15-20-14-22(11-12-24(20)34(33)40)35-21-7-4-3-5-8-21)29(50-2)18-27(19)37-36-23-16-26-25(31(17-23)52(44,45)46)9-6-10-30(26)51(41,42)43;;;/h3-18,35,40H,1-2H3,(H,41,42,43)(H,44,45,46)(H,47,48,49);;;/q;3*+1/p-3. The number of methoxy groups -OCH3 is 1. The maximum atomic E-state index is 13.5. The van der Waals surface area contributed by atoms with Crippen molar-refractivity contribution in [3.05, 3.63) is 103 Å². The van der Waals surface area contributed by atoms with E-state index in [9.17, 15) is 44.0 Å². The Bertz CT molecular complexity index is 2860. The Hall–Kier alpha value is -2.83. The molecule has 0 aromatic heterocycles. The average Bonchev–Trinajstić information content (AvgIpc) is 3.09. The number of fused-ring (bicyclic) bond motifs is 2. The SMILES string of the molecule is COc1cc(N=Nc2cc(S(=O)(=O)[O-])c3cccc(S(=O)(=O)[O-])c3c2)c(C)cc1N=Nc1c(S(=O)(=O)O)cc2cc(Nc3ccccc3)ccc2c1[O-].[Na+].[Na+].[Na+]. The van der Waals surface area contributed by atoms with Gasteiger partial charge in [0, 0.05) is 28.2 Å². The van der Waals surface area contributed by atoms with Crippen molar-refractivity contribution >= 4 is 86.0 Å². The fourth-order valence-electron chi connectivity index (χ4n) is 5.41. The minimum atomic E-state index is -5.16. The van der Waals surface area contributed by atoms with Crippen LogP contribution in [0.5, 0.6) is 11.5 Å². The fraction of sp³-hybridized carbons (Fsp3) is 0.0588. The number of para-hydroxylation sites is 1. The second kappa shape index (κ2) is 18.8. The normalized spacial score (nSPS) is 11.9. The van der Waals surface area contributed by atoms with Crippen molar-refractivity contribution < 1.29 is 137 Å². The van der Waals surface area contributed by atoms with Gasteiger partial charge in [-0.15, -0.1) is 10.2 Å². The van der Waals surface area contributed by atoms with E-state index in [0.717, 1.165) is 36.0 Å². The van der Waals surface area contributed by atoms with Gasteiger partial charge in [-0.3, -0.25) is 4.55 Å². The summed E-state index contributed by atoms with van der Waals surface area (Å²) in [7, 11) is -13.9. The molecule has 0 atom stereocenters. The van der Waals surface area contributed by atoms with Gasteiger partial charge >= 0.3 is 88.7 Å². The van der Waals surface area contributed by atoms with Crippen molar-refractivity contribution in [1.29, 1.82) is 0 Å². The molecule has 0 saturated heterocycles. The monoisotopic (exact) mass is 843 g/mol. The zero-order valence-electron chi connectivity index (χ0n) is 30.3. The molecular weight excluding hydrogens is 820 g/mol. The Labute approximate surface area is 387 Å². The summed E-state index contributed by atoms with van der Waals surface area (Å²) in [6, 6.07) is 22.8. The van der Waals surface area contributed by atoms with Gasteiger partial charge in [-0.25, -0.2) is 16.8 Å². The van der Waals surface area contributed by atoms with E-state index in [-0.39, 0.29) is 133 Å². The van der Waals surface area contributed by atoms with Crippen molar-refractivity contribution in [2.24, 2.45) is 20.5 Å². The van der Waals surface area contributed by atoms with Crippen molar-refractivity contribution in [1.82, 2.24) is 0 Å². The minimum Gasteiger partial charge on any atom is -0.871 e. The first-order valence-electron chi connectivity index (χ1n) is 15.0. The van der Waals surface area contributed by atoms with Gasteiger partial charge in [-0.1, -0.05) is 42.1 Å². The summed E-state index contributed by atoms with van der Waals surface area (Å²) in [6.07, 6.45) is 0. The van der Waals surface area contributed by atoms with Gasteiger partial charge in [0.1, 0.15) is 36.6 Å². The molecule has 0 aliphatic carbocycles. The molecule has 0 amide bonds. The number of nitrogens with zero attached hydrogens (tertiary/aromatic N) is 4. The molecule has 16 nitrogen and oxygen atoms in total. The summed E-state index contributed by atoms with van der Waals surface area (Å²) in [4.78, 5) is -2.36. The van der Waals surface area contributed by atoms with Crippen LogP contribution in [-0.2, 0) is 30.4 Å². The summed E-state index contributed by atoms with van der Waals surface area (Å²) in [5.41, 5.74) is 0.841. The Morgan fingerprint density at radius 1 is 0.625 bits per heavy atom. The van der Waals surface area contributed by atoms with Crippen molar-refractivity contribution in [2.75, 3.05) is 12.4 Å². The van der Waals surface area contributed by atoms with Crippen LogP contribution >= 0.6 is 0 Å². The van der Waals surface area contributed by atoms with E-state index in [1.807, 2.05) is 30.3 Å². The molecule has 272 valence electrons. The van der Waals surface area contributed by atoms with Crippen LogP contribution in [0.1, 0.15) is 5.56 Å². The fourth-order valence-corrected chi connectivity index (χ4v) is 7.46. The number of hydrogen-bond acceptors (Lipinski definition) is 15. The third-order valence-electron chi connectivity index (χ3n) is 7.84. The van der Waals surface area contributed by atoms with Crippen LogP contribution in [-0.4, -0.2) is 46.0 Å². The molecule has 0 heterocycles. The second-order valence-corrected chi connectivity index (χ2v) is 15.5. The molecule has 22 heteroatoms. The molecule has 0 fully saturated rings. The zero-order valence-corrected chi connectivity index (χ0v) is 38.7. The van der Waals surface area contributed by atoms with Crippen molar-refractivity contribution in [3.8, 4) is 11.5 Å². The van der Waals surface area contributed by atoms with Crippen LogP contribution < -0.4 is 104 Å². The van der Waals surface area contributed by atoms with E-state index in [4.69, 9.17) is 4.74 Å². The van der Waals surface area contributed by atoms with Gasteiger partial charge in [0.05, 0.1) is 34.0 Å². The Morgan fingerprint density at radius 2 is 1.29 bits per heavy atom. The molecule has 6 aromatic carbocycles. The van der Waals surface area contributed by atoms with E-state index in [1.54, 1.807) is 19.1 Å². The van der Waals surface area contributed by atoms with Crippen molar-refractivity contribution in [3.63, 3.8) is 0 Å². The first kappa shape index (κ1) is 47.5. The number of ether oxygens (including phenoxy) is 1. The smallest absolute Gasteiger partial charge is 0.871 e. The van der Waals surface area contributed by atoms with Crippen LogP contribution in [0.4, 0.5) is 34.1 Å². The largest absolute Gasteiger partial charge is 1.00 e. The molecule has 0 unspecified atom stereocenters. The predicted molar refractivity (Wildman–Crippen MR) is 189 cm³/mol. The molecule has 0 bridgehead atoms. The molecule has 6 aromatic rings. The number of anilines is 2. The molecule has 0 spiro atoms. The van der Waals surface area contributed by atoms with Crippen LogP contribution in [0.25, 0.3) is 21.5 Å². The quantitative estimate of drug-likeness (QED) is 0.0865. The second-order valence-electron chi connectivity index (χ2n) is 11.4. The summed E-state index contributed by atoms with van der Waals surface area (Å²) in [5, 5.41) is 32.3. The number of hydrogen-bond donors (Lipinski definition) is 2. The number of aryl methyl sites for hydroxylation is 1. The first-order chi connectivity index (χ1) is 24.9. The van der Waals surface area contributed by atoms with Gasteiger partial charge in [0.25, 0.3) is 10.1 Å².